The van der Waals surface area contributed by atoms with Crippen molar-refractivity contribution in [1.82, 2.24) is 9.21 Å². The highest BCUT2D eigenvalue weighted by atomic mass is 32.2. The fraction of sp³-hybridized carbons (Fsp3) is 0.929. The molecule has 0 aromatic carbocycles. The van der Waals surface area contributed by atoms with Crippen molar-refractivity contribution in [2.24, 2.45) is 5.92 Å². The van der Waals surface area contributed by atoms with Crippen LogP contribution in [0.15, 0.2) is 0 Å². The average molecular weight is 336 g/mol. The Bertz CT molecular complexity index is 472. The quantitative estimate of drug-likeness (QED) is 0.778. The van der Waals surface area contributed by atoms with Gasteiger partial charge in [-0.25, -0.2) is 17.5 Å². The van der Waals surface area contributed by atoms with Crippen molar-refractivity contribution < 1.29 is 23.1 Å². The molecular formula is C14H28N2O5S. The van der Waals surface area contributed by atoms with Crippen LogP contribution in [-0.4, -0.2) is 73.5 Å². The van der Waals surface area contributed by atoms with Crippen LogP contribution in [0.25, 0.3) is 0 Å². The molecule has 0 aromatic rings. The number of sulfonamides is 1. The molecule has 0 spiro atoms. The third kappa shape index (κ3) is 6.10. The van der Waals surface area contributed by atoms with Crippen LogP contribution in [0.3, 0.4) is 0 Å². The van der Waals surface area contributed by atoms with E-state index in [0.717, 1.165) is 0 Å². The van der Waals surface area contributed by atoms with Crippen LogP contribution in [0.5, 0.6) is 0 Å². The number of hydrogen-bond acceptors (Lipinski definition) is 5. The van der Waals surface area contributed by atoms with Gasteiger partial charge in [0.1, 0.15) is 5.60 Å². The van der Waals surface area contributed by atoms with Crippen LogP contribution in [0.4, 0.5) is 4.79 Å². The van der Waals surface area contributed by atoms with Crippen molar-refractivity contribution in [3.05, 3.63) is 0 Å². The number of carbonyl (C=O) groups excluding carboxylic acids is 1. The molecule has 22 heavy (non-hydrogen) atoms. The smallest absolute Gasteiger partial charge is 0.410 e. The van der Waals surface area contributed by atoms with Crippen LogP contribution >= 0.6 is 0 Å². The third-order valence-electron chi connectivity index (χ3n) is 3.49. The van der Waals surface area contributed by atoms with Gasteiger partial charge >= 0.3 is 6.09 Å². The average Bonchev–Trinajstić information content (AvgIpc) is 2.81. The Balaban J connectivity index is 2.51. The minimum Gasteiger partial charge on any atom is -0.444 e. The Morgan fingerprint density at radius 3 is 2.59 bits per heavy atom. The van der Waals surface area contributed by atoms with E-state index in [4.69, 9.17) is 9.84 Å². The predicted octanol–water partition coefficient (Wildman–Crippen LogP) is 0.887. The van der Waals surface area contributed by atoms with Crippen molar-refractivity contribution in [2.75, 3.05) is 39.0 Å². The van der Waals surface area contributed by atoms with E-state index >= 15 is 0 Å². The maximum atomic E-state index is 12.2. The van der Waals surface area contributed by atoms with Crippen LogP contribution < -0.4 is 0 Å². The zero-order chi connectivity index (χ0) is 17.0. The molecular weight excluding hydrogens is 308 g/mol. The molecule has 1 N–H and O–H groups in total. The molecule has 1 aliphatic heterocycles. The molecule has 0 radical (unpaired) electrons. The van der Waals surface area contributed by atoms with Gasteiger partial charge in [0.25, 0.3) is 0 Å². The van der Waals surface area contributed by atoms with Crippen molar-refractivity contribution >= 4 is 16.1 Å². The lowest BCUT2D eigenvalue weighted by atomic mass is 10.2. The lowest BCUT2D eigenvalue weighted by molar-refractivity contribution is 0.0289. The Hall–Kier alpha value is -0.860. The first kappa shape index (κ1) is 19.2. The number of aliphatic hydroxyl groups is 1. The zero-order valence-electron chi connectivity index (χ0n) is 13.9. The molecule has 1 rings (SSSR count). The van der Waals surface area contributed by atoms with Gasteiger partial charge in [-0.1, -0.05) is 0 Å². The summed E-state index contributed by atoms with van der Waals surface area (Å²) < 4.78 is 31.0. The molecule has 0 aromatic heterocycles. The Morgan fingerprint density at radius 2 is 2.05 bits per heavy atom. The number of ether oxygens (including phenoxy) is 1. The lowest BCUT2D eigenvalue weighted by Gasteiger charge is -2.24. The second-order valence-corrected chi connectivity index (χ2v) is 8.88. The Morgan fingerprint density at radius 1 is 1.41 bits per heavy atom. The van der Waals surface area contributed by atoms with Crippen molar-refractivity contribution in [3.63, 3.8) is 0 Å². The van der Waals surface area contributed by atoms with E-state index in [1.165, 1.54) is 11.4 Å². The SMILES string of the molecule is CN(CCCO)S(=O)(=O)CC1CCN(C(=O)OC(C)(C)C)C1. The molecule has 1 saturated heterocycles. The summed E-state index contributed by atoms with van der Waals surface area (Å²) in [5.74, 6) is -0.0529. The molecule has 1 amide bonds. The monoisotopic (exact) mass is 336 g/mol. The van der Waals surface area contributed by atoms with Gasteiger partial charge < -0.3 is 14.7 Å². The number of amides is 1. The number of nitrogens with zero attached hydrogens (tertiary/aromatic N) is 2. The summed E-state index contributed by atoms with van der Waals surface area (Å²) >= 11 is 0. The topological polar surface area (TPSA) is 87.2 Å². The number of likely N-dealkylation sites (tertiary alicyclic amines) is 1. The van der Waals surface area contributed by atoms with E-state index in [0.29, 0.717) is 32.5 Å². The van der Waals surface area contributed by atoms with Gasteiger partial charge in [0.2, 0.25) is 10.0 Å². The first-order valence-corrected chi connectivity index (χ1v) is 9.19. The van der Waals surface area contributed by atoms with E-state index in [-0.39, 0.29) is 24.4 Å². The van der Waals surface area contributed by atoms with Crippen LogP contribution in [0, 0.1) is 5.92 Å². The van der Waals surface area contributed by atoms with Gasteiger partial charge in [0, 0.05) is 33.3 Å². The lowest BCUT2D eigenvalue weighted by Crippen LogP contribution is -2.37. The fourth-order valence-electron chi connectivity index (χ4n) is 2.32. The van der Waals surface area contributed by atoms with E-state index in [1.807, 2.05) is 0 Å². The molecule has 1 heterocycles. The van der Waals surface area contributed by atoms with Crippen molar-refractivity contribution in [1.29, 1.82) is 0 Å². The molecule has 0 bridgehead atoms. The largest absolute Gasteiger partial charge is 0.444 e. The van der Waals surface area contributed by atoms with E-state index in [2.05, 4.69) is 0 Å². The summed E-state index contributed by atoms with van der Waals surface area (Å²) in [5.41, 5.74) is -0.550. The highest BCUT2D eigenvalue weighted by Crippen LogP contribution is 2.21. The summed E-state index contributed by atoms with van der Waals surface area (Å²) in [5, 5.41) is 8.77. The van der Waals surface area contributed by atoms with Crippen LogP contribution in [0.1, 0.15) is 33.6 Å². The summed E-state index contributed by atoms with van der Waals surface area (Å²) in [6.07, 6.45) is 0.692. The summed E-state index contributed by atoms with van der Waals surface area (Å²) in [7, 11) is -1.84. The molecule has 1 aliphatic rings. The molecule has 1 unspecified atom stereocenters. The standard InChI is InChI=1S/C14H28N2O5S/c1-14(2,3)21-13(18)16-8-6-12(10-16)11-22(19,20)15(4)7-5-9-17/h12,17H,5-11H2,1-4H3. The van der Waals surface area contributed by atoms with Crippen LogP contribution in [-0.2, 0) is 14.8 Å². The Kier molecular flexibility index (Phi) is 6.64. The maximum absolute atomic E-state index is 12.2. The number of carbonyl (C=O) groups is 1. The van der Waals surface area contributed by atoms with Gasteiger partial charge in [-0.05, 0) is 39.5 Å². The summed E-state index contributed by atoms with van der Waals surface area (Å²) in [4.78, 5) is 13.5. The van der Waals surface area contributed by atoms with Gasteiger partial charge in [-0.3, -0.25) is 0 Å². The van der Waals surface area contributed by atoms with Gasteiger partial charge in [-0.15, -0.1) is 0 Å². The van der Waals surface area contributed by atoms with Gasteiger partial charge in [0.15, 0.2) is 0 Å². The normalized spacial score (nSPS) is 19.7. The molecule has 130 valence electrons. The minimum atomic E-state index is -3.36. The highest BCUT2D eigenvalue weighted by molar-refractivity contribution is 7.89. The van der Waals surface area contributed by atoms with Gasteiger partial charge in [-0.2, -0.15) is 0 Å². The number of aliphatic hydroxyl groups excluding tert-OH is 1. The number of rotatable bonds is 6. The predicted molar refractivity (Wildman–Crippen MR) is 84.0 cm³/mol. The fourth-order valence-corrected chi connectivity index (χ4v) is 3.85. The van der Waals surface area contributed by atoms with E-state index in [1.54, 1.807) is 25.7 Å². The molecule has 1 atom stereocenters. The molecule has 7 nitrogen and oxygen atoms in total. The molecule has 8 heteroatoms. The van der Waals surface area contributed by atoms with Crippen molar-refractivity contribution in [3.8, 4) is 0 Å². The van der Waals surface area contributed by atoms with Crippen LogP contribution in [0.2, 0.25) is 0 Å². The summed E-state index contributed by atoms with van der Waals surface area (Å²) in [6.45, 7) is 6.62. The highest BCUT2D eigenvalue weighted by Gasteiger charge is 2.33. The second-order valence-electron chi connectivity index (χ2n) is 6.76. The third-order valence-corrected chi connectivity index (χ3v) is 5.51. The first-order chi connectivity index (χ1) is 10.0. The first-order valence-electron chi connectivity index (χ1n) is 7.58. The minimum absolute atomic E-state index is 0.0221. The Labute approximate surface area is 133 Å². The van der Waals surface area contributed by atoms with E-state index in [9.17, 15) is 13.2 Å². The second kappa shape index (κ2) is 7.61. The molecule has 0 saturated carbocycles. The van der Waals surface area contributed by atoms with Gasteiger partial charge in [0.05, 0.1) is 5.75 Å². The molecule has 1 fully saturated rings. The molecule has 0 aliphatic carbocycles. The van der Waals surface area contributed by atoms with Crippen molar-refractivity contribution in [2.45, 2.75) is 39.2 Å². The van der Waals surface area contributed by atoms with E-state index < -0.39 is 15.6 Å². The number of hydrogen-bond donors (Lipinski definition) is 1. The maximum Gasteiger partial charge on any atom is 0.410 e. The summed E-state index contributed by atoms with van der Waals surface area (Å²) in [6, 6.07) is 0. The zero-order valence-corrected chi connectivity index (χ0v) is 14.7.